The van der Waals surface area contributed by atoms with E-state index in [1.54, 1.807) is 19.1 Å². The zero-order chi connectivity index (χ0) is 20.6. The highest BCUT2D eigenvalue weighted by Crippen LogP contribution is 2.64. The first-order valence-electron chi connectivity index (χ1n) is 9.10. The summed E-state index contributed by atoms with van der Waals surface area (Å²) in [6, 6.07) is 5.26. The minimum absolute atomic E-state index is 0.0915. The minimum Gasteiger partial charge on any atom is -0.480 e. The summed E-state index contributed by atoms with van der Waals surface area (Å²) in [5, 5.41) is 30.1. The van der Waals surface area contributed by atoms with Crippen LogP contribution in [0.25, 0.3) is 0 Å². The molecule has 0 fully saturated rings. The Hall–Kier alpha value is -1.89. The van der Waals surface area contributed by atoms with E-state index in [9.17, 15) is 29.7 Å². The lowest BCUT2D eigenvalue weighted by Crippen LogP contribution is -2.68. The molecule has 1 aliphatic rings. The van der Waals surface area contributed by atoms with Gasteiger partial charge in [0.25, 0.3) is 5.41 Å². The number of carboxylic acid groups (broad SMARTS) is 3. The van der Waals surface area contributed by atoms with Crippen LogP contribution < -0.4 is 0 Å². The van der Waals surface area contributed by atoms with Gasteiger partial charge in [-0.15, -0.1) is 0 Å². The highest BCUT2D eigenvalue weighted by molar-refractivity contribution is 9.10. The summed E-state index contributed by atoms with van der Waals surface area (Å²) < 4.78 is 0.790. The average Bonchev–Trinajstić information content (AvgIpc) is 2.61. The second kappa shape index (κ2) is 7.26. The summed E-state index contributed by atoms with van der Waals surface area (Å²) in [4.78, 5) is 37.2. The Kier molecular flexibility index (Phi) is 5.76. The molecule has 27 heavy (non-hydrogen) atoms. The van der Waals surface area contributed by atoms with E-state index in [0.29, 0.717) is 31.2 Å². The van der Waals surface area contributed by atoms with Crippen molar-refractivity contribution in [3.8, 4) is 0 Å². The van der Waals surface area contributed by atoms with Crippen LogP contribution in [0, 0.1) is 10.8 Å². The van der Waals surface area contributed by atoms with Gasteiger partial charge in [-0.05, 0) is 60.8 Å². The predicted molar refractivity (Wildman–Crippen MR) is 103 cm³/mol. The van der Waals surface area contributed by atoms with Crippen LogP contribution in [0.1, 0.15) is 57.6 Å². The highest BCUT2D eigenvalue weighted by atomic mass is 79.9. The first-order chi connectivity index (χ1) is 12.6. The molecule has 1 atom stereocenters. The van der Waals surface area contributed by atoms with E-state index in [4.69, 9.17) is 0 Å². The van der Waals surface area contributed by atoms with E-state index in [-0.39, 0.29) is 6.42 Å². The number of halogens is 1. The average molecular weight is 441 g/mol. The van der Waals surface area contributed by atoms with Crippen molar-refractivity contribution in [1.29, 1.82) is 0 Å². The molecular weight excluding hydrogens is 416 g/mol. The lowest BCUT2D eigenvalue weighted by atomic mass is 9.41. The minimum atomic E-state index is -2.98. The normalized spacial score (nSPS) is 21.3. The molecule has 2 rings (SSSR count). The fraction of sp³-hybridized carbons (Fsp3) is 0.550. The lowest BCUT2D eigenvalue weighted by Gasteiger charge is -2.58. The Bertz CT molecular complexity index is 747. The summed E-state index contributed by atoms with van der Waals surface area (Å²) >= 11 is 3.40. The third-order valence-corrected chi connectivity index (χ3v) is 7.28. The quantitative estimate of drug-likeness (QED) is 0.550. The summed E-state index contributed by atoms with van der Waals surface area (Å²) in [5.74, 6) is -5.48. The summed E-state index contributed by atoms with van der Waals surface area (Å²) in [7, 11) is 0. The van der Waals surface area contributed by atoms with Crippen molar-refractivity contribution in [2.24, 2.45) is 10.8 Å². The maximum absolute atomic E-state index is 12.4. The summed E-state index contributed by atoms with van der Waals surface area (Å²) in [5.41, 5.74) is -4.00. The first-order valence-corrected chi connectivity index (χ1v) is 9.89. The van der Waals surface area contributed by atoms with Gasteiger partial charge in [-0.25, -0.2) is 0 Å². The van der Waals surface area contributed by atoms with E-state index in [2.05, 4.69) is 15.9 Å². The van der Waals surface area contributed by atoms with Crippen molar-refractivity contribution >= 4 is 33.8 Å². The Morgan fingerprint density at radius 2 is 1.52 bits per heavy atom. The Morgan fingerprint density at radius 3 is 1.93 bits per heavy atom. The summed E-state index contributed by atoms with van der Waals surface area (Å²) in [6.45, 7) is 5.46. The standard InChI is InChI=1S/C20H25BrO6/c1-4-18(5-2)10-9-12-11-13(21)7-8-14(12)19(18,6-3)20(15(22)23,16(24)25)17(26)27/h7-8,11H,4-6,9-10H2,1-3H3,(H,22,23)(H,24,25)(H,26,27). The Morgan fingerprint density at radius 1 is 1.00 bits per heavy atom. The molecule has 0 aliphatic heterocycles. The smallest absolute Gasteiger partial charge is 0.333 e. The molecule has 148 valence electrons. The highest BCUT2D eigenvalue weighted by Gasteiger charge is 2.74. The molecule has 0 heterocycles. The van der Waals surface area contributed by atoms with Crippen molar-refractivity contribution in [2.45, 2.75) is 58.3 Å². The second-order valence-electron chi connectivity index (χ2n) is 7.21. The van der Waals surface area contributed by atoms with E-state index < -0.39 is 34.2 Å². The molecule has 1 unspecified atom stereocenters. The van der Waals surface area contributed by atoms with Crippen molar-refractivity contribution in [3.63, 3.8) is 0 Å². The molecule has 7 heteroatoms. The Balaban J connectivity index is 3.12. The first kappa shape index (κ1) is 21.4. The maximum Gasteiger partial charge on any atom is 0.333 e. The molecule has 6 nitrogen and oxygen atoms in total. The fourth-order valence-electron chi connectivity index (χ4n) is 5.52. The van der Waals surface area contributed by atoms with Crippen LogP contribution in [0.2, 0.25) is 0 Å². The second-order valence-corrected chi connectivity index (χ2v) is 8.13. The zero-order valence-corrected chi connectivity index (χ0v) is 17.3. The Labute approximate surface area is 166 Å². The number of benzene rings is 1. The van der Waals surface area contributed by atoms with Gasteiger partial charge in [0.2, 0.25) is 0 Å². The van der Waals surface area contributed by atoms with Gasteiger partial charge in [-0.3, -0.25) is 14.4 Å². The number of fused-ring (bicyclic) bond motifs is 1. The van der Waals surface area contributed by atoms with Gasteiger partial charge < -0.3 is 15.3 Å². The lowest BCUT2D eigenvalue weighted by molar-refractivity contribution is -0.191. The number of rotatable bonds is 7. The molecule has 3 N–H and O–H groups in total. The predicted octanol–water partition coefficient (Wildman–Crippen LogP) is 4.09. The van der Waals surface area contributed by atoms with E-state index >= 15 is 0 Å². The molecule has 1 aliphatic carbocycles. The van der Waals surface area contributed by atoms with Crippen LogP contribution in [0.5, 0.6) is 0 Å². The van der Waals surface area contributed by atoms with Crippen molar-refractivity contribution in [2.75, 3.05) is 0 Å². The van der Waals surface area contributed by atoms with E-state index in [0.717, 1.165) is 10.0 Å². The van der Waals surface area contributed by atoms with Crippen molar-refractivity contribution < 1.29 is 29.7 Å². The zero-order valence-electron chi connectivity index (χ0n) is 15.7. The molecule has 1 aromatic carbocycles. The van der Waals surface area contributed by atoms with Crippen LogP contribution in [0.4, 0.5) is 0 Å². The topological polar surface area (TPSA) is 112 Å². The number of carbonyl (C=O) groups is 3. The van der Waals surface area contributed by atoms with Gasteiger partial charge in [-0.2, -0.15) is 0 Å². The van der Waals surface area contributed by atoms with E-state index in [1.165, 1.54) is 0 Å². The van der Waals surface area contributed by atoms with Gasteiger partial charge >= 0.3 is 17.9 Å². The fourth-order valence-corrected chi connectivity index (χ4v) is 5.93. The molecule has 1 aromatic rings. The van der Waals surface area contributed by atoms with Crippen molar-refractivity contribution in [1.82, 2.24) is 0 Å². The third-order valence-electron chi connectivity index (χ3n) is 6.79. The van der Waals surface area contributed by atoms with E-state index in [1.807, 2.05) is 19.9 Å². The molecular formula is C20H25BrO6. The van der Waals surface area contributed by atoms with Gasteiger partial charge in [0, 0.05) is 9.89 Å². The number of carboxylic acids is 3. The molecule has 0 saturated heterocycles. The number of aryl methyl sites for hydroxylation is 1. The molecule has 0 aromatic heterocycles. The van der Waals surface area contributed by atoms with Crippen LogP contribution in [0.15, 0.2) is 22.7 Å². The molecule has 0 spiro atoms. The van der Waals surface area contributed by atoms with Crippen LogP contribution in [0.3, 0.4) is 0 Å². The number of aliphatic carboxylic acids is 3. The molecule has 0 bridgehead atoms. The van der Waals surface area contributed by atoms with Gasteiger partial charge in [0.15, 0.2) is 0 Å². The van der Waals surface area contributed by atoms with Crippen LogP contribution in [-0.4, -0.2) is 33.2 Å². The van der Waals surface area contributed by atoms with Gasteiger partial charge in [-0.1, -0.05) is 42.8 Å². The monoisotopic (exact) mass is 440 g/mol. The molecule has 0 saturated carbocycles. The third kappa shape index (κ3) is 2.54. The largest absolute Gasteiger partial charge is 0.480 e. The van der Waals surface area contributed by atoms with Gasteiger partial charge in [0.05, 0.1) is 0 Å². The SMILES string of the molecule is CCC1(CC)CCc2cc(Br)ccc2C1(CC)C(C(=O)O)(C(=O)O)C(=O)O. The van der Waals surface area contributed by atoms with Crippen molar-refractivity contribution in [3.05, 3.63) is 33.8 Å². The summed E-state index contributed by atoms with van der Waals surface area (Å²) in [6.07, 6.45) is 2.25. The van der Waals surface area contributed by atoms with Crippen LogP contribution >= 0.6 is 15.9 Å². The van der Waals surface area contributed by atoms with Crippen LogP contribution in [-0.2, 0) is 26.2 Å². The van der Waals surface area contributed by atoms with Gasteiger partial charge in [0.1, 0.15) is 0 Å². The number of hydrogen-bond acceptors (Lipinski definition) is 3. The maximum atomic E-state index is 12.4. The molecule has 0 radical (unpaired) electrons. The molecule has 0 amide bonds. The number of hydrogen-bond donors (Lipinski definition) is 3.